The molecule has 5 rings (SSSR count). The number of rotatable bonds is 6. The lowest BCUT2D eigenvalue weighted by Gasteiger charge is -2.33. The Balaban J connectivity index is 1.35. The van der Waals surface area contributed by atoms with Crippen molar-refractivity contribution < 1.29 is 19.0 Å². The van der Waals surface area contributed by atoms with Gasteiger partial charge in [0.15, 0.2) is 11.5 Å². The average Bonchev–Trinajstić information content (AvgIpc) is 3.51. The van der Waals surface area contributed by atoms with Crippen LogP contribution in [0.1, 0.15) is 61.6 Å². The maximum absolute atomic E-state index is 13.3. The van der Waals surface area contributed by atoms with Gasteiger partial charge in [0.25, 0.3) is 0 Å². The van der Waals surface area contributed by atoms with Crippen molar-refractivity contribution in [1.82, 2.24) is 9.80 Å². The summed E-state index contributed by atoms with van der Waals surface area (Å²) >= 11 is 0. The van der Waals surface area contributed by atoms with Crippen LogP contribution in [0.25, 0.3) is 0 Å². The lowest BCUT2D eigenvalue weighted by atomic mass is 9.93. The molecule has 0 bridgehead atoms. The lowest BCUT2D eigenvalue weighted by Crippen LogP contribution is -2.44. The Morgan fingerprint density at radius 3 is 2.52 bits per heavy atom. The van der Waals surface area contributed by atoms with E-state index in [1.54, 1.807) is 7.11 Å². The van der Waals surface area contributed by atoms with E-state index in [4.69, 9.17) is 14.2 Å². The number of hydrogen-bond acceptors (Lipinski definition) is 5. The van der Waals surface area contributed by atoms with Gasteiger partial charge in [-0.25, -0.2) is 0 Å². The molecule has 1 aliphatic carbocycles. The number of ether oxygens (including phenoxy) is 3. The number of likely N-dealkylation sites (tertiary alicyclic amines) is 1. The Hall–Kier alpha value is -2.73. The molecule has 0 spiro atoms. The van der Waals surface area contributed by atoms with Crippen LogP contribution < -0.4 is 14.2 Å². The fourth-order valence-electron chi connectivity index (χ4n) is 5.62. The molecule has 2 heterocycles. The van der Waals surface area contributed by atoms with Gasteiger partial charge in [0, 0.05) is 25.7 Å². The van der Waals surface area contributed by atoms with Crippen LogP contribution >= 0.6 is 0 Å². The number of benzene rings is 2. The summed E-state index contributed by atoms with van der Waals surface area (Å²) in [6.45, 7) is 1.58. The van der Waals surface area contributed by atoms with Crippen molar-refractivity contribution in [2.75, 3.05) is 34.0 Å². The fourth-order valence-corrected chi connectivity index (χ4v) is 5.62. The number of amides is 1. The van der Waals surface area contributed by atoms with E-state index in [-0.39, 0.29) is 18.7 Å². The first kappa shape index (κ1) is 22.1. The topological polar surface area (TPSA) is 51.2 Å². The largest absolute Gasteiger partial charge is 0.497 e. The van der Waals surface area contributed by atoms with Crippen LogP contribution in [0.15, 0.2) is 42.5 Å². The second-order valence-corrected chi connectivity index (χ2v) is 9.56. The predicted octanol–water partition coefficient (Wildman–Crippen LogP) is 4.75. The predicted molar refractivity (Wildman–Crippen MR) is 127 cm³/mol. The summed E-state index contributed by atoms with van der Waals surface area (Å²) in [6, 6.07) is 15.1. The molecule has 33 heavy (non-hydrogen) atoms. The molecule has 2 atom stereocenters. The highest BCUT2D eigenvalue weighted by Crippen LogP contribution is 2.43. The maximum Gasteiger partial charge on any atom is 0.236 e. The summed E-state index contributed by atoms with van der Waals surface area (Å²) in [4.78, 5) is 17.7. The monoisotopic (exact) mass is 450 g/mol. The molecule has 3 aliphatic rings. The summed E-state index contributed by atoms with van der Waals surface area (Å²) in [5, 5.41) is 0. The van der Waals surface area contributed by atoms with Crippen LogP contribution in [0.3, 0.4) is 0 Å². The van der Waals surface area contributed by atoms with Gasteiger partial charge in [0.2, 0.25) is 12.7 Å². The van der Waals surface area contributed by atoms with E-state index < -0.39 is 0 Å². The van der Waals surface area contributed by atoms with Crippen molar-refractivity contribution in [3.63, 3.8) is 0 Å². The van der Waals surface area contributed by atoms with E-state index in [1.165, 1.54) is 30.4 Å². The molecule has 0 N–H and O–H groups in total. The van der Waals surface area contributed by atoms with Gasteiger partial charge in [-0.1, -0.05) is 37.5 Å². The first-order valence-electron chi connectivity index (χ1n) is 12.2. The van der Waals surface area contributed by atoms with Gasteiger partial charge in [-0.15, -0.1) is 0 Å². The summed E-state index contributed by atoms with van der Waals surface area (Å²) in [5.41, 5.74) is 2.47. The molecule has 176 valence electrons. The zero-order valence-corrected chi connectivity index (χ0v) is 19.7. The number of fused-ring (bicyclic) bond motifs is 1. The molecule has 0 radical (unpaired) electrons. The van der Waals surface area contributed by atoms with Gasteiger partial charge in [0.05, 0.1) is 13.7 Å². The summed E-state index contributed by atoms with van der Waals surface area (Å²) in [7, 11) is 3.68. The highest BCUT2D eigenvalue weighted by Gasteiger charge is 2.36. The number of nitrogens with zero attached hydrogens (tertiary/aromatic N) is 2. The van der Waals surface area contributed by atoms with Crippen LogP contribution in [0, 0.1) is 0 Å². The molecule has 6 nitrogen and oxygen atoms in total. The molecule has 0 aromatic heterocycles. The molecule has 2 fully saturated rings. The summed E-state index contributed by atoms with van der Waals surface area (Å²) < 4.78 is 16.5. The second-order valence-electron chi connectivity index (χ2n) is 9.56. The van der Waals surface area contributed by atoms with Gasteiger partial charge in [-0.05, 0) is 60.6 Å². The van der Waals surface area contributed by atoms with E-state index >= 15 is 0 Å². The zero-order chi connectivity index (χ0) is 22.8. The first-order valence-corrected chi connectivity index (χ1v) is 12.2. The highest BCUT2D eigenvalue weighted by atomic mass is 16.7. The molecule has 1 amide bonds. The number of methoxy groups -OCH3 is 1. The van der Waals surface area contributed by atoms with E-state index in [0.717, 1.165) is 43.1 Å². The van der Waals surface area contributed by atoms with Crippen LogP contribution in [0.4, 0.5) is 0 Å². The van der Waals surface area contributed by atoms with Crippen molar-refractivity contribution >= 4 is 5.91 Å². The van der Waals surface area contributed by atoms with Gasteiger partial charge in [0.1, 0.15) is 5.75 Å². The Morgan fingerprint density at radius 2 is 1.76 bits per heavy atom. The molecule has 1 saturated heterocycles. The summed E-state index contributed by atoms with van der Waals surface area (Å²) in [5.74, 6) is 3.04. The van der Waals surface area contributed by atoms with E-state index in [1.807, 2.05) is 30.1 Å². The molecular formula is C27H34N2O4. The maximum atomic E-state index is 13.3. The Morgan fingerprint density at radius 1 is 1.03 bits per heavy atom. The Kier molecular flexibility index (Phi) is 6.45. The number of likely N-dealkylation sites (N-methyl/N-ethyl adjacent to an activating group) is 1. The third kappa shape index (κ3) is 4.67. The van der Waals surface area contributed by atoms with Crippen molar-refractivity contribution in [1.29, 1.82) is 0 Å². The van der Waals surface area contributed by atoms with Crippen LogP contribution in [-0.4, -0.2) is 55.8 Å². The molecule has 2 aromatic rings. The molecular weight excluding hydrogens is 416 g/mol. The highest BCUT2D eigenvalue weighted by molar-refractivity contribution is 5.78. The van der Waals surface area contributed by atoms with Crippen LogP contribution in [0.2, 0.25) is 0 Å². The molecule has 6 heteroatoms. The van der Waals surface area contributed by atoms with E-state index in [9.17, 15) is 4.79 Å². The standard InChI is InChI=1S/C27H34N2O4/c1-28(22-6-4-3-5-7-22)27(30)17-29-16-21(20-10-13-25-26(15-20)33-18-32-25)14-24(29)19-8-11-23(31-2)12-9-19/h8-13,15,21-22,24H,3-7,14,16-18H2,1-2H3/t21-,24+/m0/s1. The SMILES string of the molecule is COc1ccc([C@H]2C[C@H](c3ccc4c(c3)OCO4)CN2CC(=O)N(C)C2CCCCC2)cc1. The number of hydrogen-bond donors (Lipinski definition) is 0. The second kappa shape index (κ2) is 9.64. The number of carbonyl (C=O) groups excluding carboxylic acids is 1. The van der Waals surface area contributed by atoms with Crippen LogP contribution in [-0.2, 0) is 4.79 Å². The van der Waals surface area contributed by atoms with Gasteiger partial charge >= 0.3 is 0 Å². The zero-order valence-electron chi connectivity index (χ0n) is 19.7. The number of carbonyl (C=O) groups is 1. The van der Waals surface area contributed by atoms with Crippen molar-refractivity contribution in [2.45, 2.75) is 56.5 Å². The van der Waals surface area contributed by atoms with Crippen molar-refractivity contribution in [2.24, 2.45) is 0 Å². The molecule has 1 saturated carbocycles. The minimum Gasteiger partial charge on any atom is -0.497 e. The van der Waals surface area contributed by atoms with Gasteiger partial charge in [-0.2, -0.15) is 0 Å². The van der Waals surface area contributed by atoms with Gasteiger partial charge < -0.3 is 19.1 Å². The minimum absolute atomic E-state index is 0.190. The third-order valence-electron chi connectivity index (χ3n) is 7.63. The molecule has 0 unspecified atom stereocenters. The Bertz CT molecular complexity index is 971. The first-order chi connectivity index (χ1) is 16.1. The van der Waals surface area contributed by atoms with E-state index in [2.05, 4.69) is 29.2 Å². The summed E-state index contributed by atoms with van der Waals surface area (Å²) in [6.07, 6.45) is 6.97. The average molecular weight is 451 g/mol. The van der Waals surface area contributed by atoms with Crippen molar-refractivity contribution in [3.05, 3.63) is 53.6 Å². The van der Waals surface area contributed by atoms with Crippen LogP contribution in [0.5, 0.6) is 17.2 Å². The molecule has 2 aliphatic heterocycles. The quantitative estimate of drug-likeness (QED) is 0.636. The van der Waals surface area contributed by atoms with Crippen molar-refractivity contribution in [3.8, 4) is 17.2 Å². The third-order valence-corrected chi connectivity index (χ3v) is 7.63. The smallest absolute Gasteiger partial charge is 0.236 e. The minimum atomic E-state index is 0.190. The lowest BCUT2D eigenvalue weighted by molar-refractivity contribution is -0.134. The molecule has 2 aromatic carbocycles. The normalized spacial score (nSPS) is 23.0. The van der Waals surface area contributed by atoms with E-state index in [0.29, 0.717) is 18.5 Å². The Labute approximate surface area is 196 Å². The fraction of sp³-hybridized carbons (Fsp3) is 0.519. The van der Waals surface area contributed by atoms with Gasteiger partial charge in [-0.3, -0.25) is 9.69 Å².